The minimum atomic E-state index is -0.372. The minimum Gasteiger partial charge on any atom is -0.352 e. The molecule has 1 N–H and O–H groups in total. The SMILES string of the molecule is O=C[C@@H]1CSCN1C(=O)CCC(=O)NCc1ccc(Cl)cc1Cl. The predicted octanol–water partition coefficient (Wildman–Crippen LogP) is 2.49. The van der Waals surface area contributed by atoms with E-state index in [0.717, 1.165) is 11.8 Å². The molecule has 124 valence electrons. The molecule has 0 spiro atoms. The van der Waals surface area contributed by atoms with E-state index < -0.39 is 0 Å². The molecule has 1 aliphatic heterocycles. The molecule has 1 aliphatic rings. The fourth-order valence-corrected chi connectivity index (χ4v) is 3.75. The van der Waals surface area contributed by atoms with Crippen molar-refractivity contribution in [1.82, 2.24) is 10.2 Å². The molecule has 1 saturated heterocycles. The number of nitrogens with one attached hydrogen (secondary N) is 1. The number of rotatable bonds is 6. The van der Waals surface area contributed by atoms with Gasteiger partial charge in [0.05, 0.1) is 11.9 Å². The summed E-state index contributed by atoms with van der Waals surface area (Å²) in [6, 6.07) is 4.68. The third-order valence-corrected chi connectivity index (χ3v) is 5.08. The molecule has 1 aromatic carbocycles. The summed E-state index contributed by atoms with van der Waals surface area (Å²) in [7, 11) is 0. The van der Waals surface area contributed by atoms with Gasteiger partial charge < -0.3 is 15.0 Å². The van der Waals surface area contributed by atoms with Crippen molar-refractivity contribution in [1.29, 1.82) is 0 Å². The number of amides is 2. The van der Waals surface area contributed by atoms with Crippen LogP contribution < -0.4 is 5.32 Å². The van der Waals surface area contributed by atoms with Crippen molar-refractivity contribution < 1.29 is 14.4 Å². The van der Waals surface area contributed by atoms with E-state index in [9.17, 15) is 14.4 Å². The van der Waals surface area contributed by atoms with E-state index >= 15 is 0 Å². The van der Waals surface area contributed by atoms with Gasteiger partial charge in [-0.2, -0.15) is 0 Å². The number of aldehydes is 1. The molecule has 5 nitrogen and oxygen atoms in total. The van der Waals surface area contributed by atoms with Crippen LogP contribution in [0.1, 0.15) is 18.4 Å². The second kappa shape index (κ2) is 8.57. The molecule has 0 aliphatic carbocycles. The maximum atomic E-state index is 12.0. The summed E-state index contributed by atoms with van der Waals surface area (Å²) < 4.78 is 0. The Hall–Kier alpha value is -1.24. The van der Waals surface area contributed by atoms with Crippen LogP contribution in [-0.2, 0) is 20.9 Å². The summed E-state index contributed by atoms with van der Waals surface area (Å²) in [4.78, 5) is 36.2. The highest BCUT2D eigenvalue weighted by atomic mass is 35.5. The summed E-state index contributed by atoms with van der Waals surface area (Å²) in [5.41, 5.74) is 0.757. The summed E-state index contributed by atoms with van der Waals surface area (Å²) in [5.74, 6) is 0.714. The monoisotopic (exact) mass is 374 g/mol. The molecule has 23 heavy (non-hydrogen) atoms. The van der Waals surface area contributed by atoms with Crippen molar-refractivity contribution in [2.24, 2.45) is 0 Å². The highest BCUT2D eigenvalue weighted by molar-refractivity contribution is 7.99. The van der Waals surface area contributed by atoms with Gasteiger partial charge >= 0.3 is 0 Å². The Morgan fingerprint density at radius 3 is 2.83 bits per heavy atom. The summed E-state index contributed by atoms with van der Waals surface area (Å²) in [5, 5.41) is 3.73. The van der Waals surface area contributed by atoms with Gasteiger partial charge in [0.25, 0.3) is 0 Å². The predicted molar refractivity (Wildman–Crippen MR) is 91.6 cm³/mol. The van der Waals surface area contributed by atoms with Crippen LogP contribution in [0.4, 0.5) is 0 Å². The molecule has 0 saturated carbocycles. The lowest BCUT2D eigenvalue weighted by molar-refractivity contribution is -0.135. The zero-order chi connectivity index (χ0) is 16.8. The molecule has 0 unspecified atom stereocenters. The van der Waals surface area contributed by atoms with E-state index in [2.05, 4.69) is 5.32 Å². The van der Waals surface area contributed by atoms with E-state index in [1.165, 1.54) is 16.7 Å². The first-order chi connectivity index (χ1) is 11.0. The van der Waals surface area contributed by atoms with Crippen LogP contribution in [0.3, 0.4) is 0 Å². The summed E-state index contributed by atoms with van der Waals surface area (Å²) in [6.45, 7) is 0.277. The standard InChI is InChI=1S/C15H16Cl2N2O3S/c16-11-2-1-10(13(17)5-11)6-18-14(21)3-4-15(22)19-9-23-8-12(19)7-20/h1-2,5,7,12H,3-4,6,8-9H2,(H,18,21)/t12-/m1/s1. The third-order valence-electron chi connectivity index (χ3n) is 3.45. The van der Waals surface area contributed by atoms with E-state index in [-0.39, 0.29) is 37.2 Å². The maximum absolute atomic E-state index is 12.0. The topological polar surface area (TPSA) is 66.5 Å². The Morgan fingerprint density at radius 2 is 2.13 bits per heavy atom. The number of carbonyl (C=O) groups is 3. The van der Waals surface area contributed by atoms with E-state index in [0.29, 0.717) is 21.7 Å². The lowest BCUT2D eigenvalue weighted by Gasteiger charge is -2.19. The van der Waals surface area contributed by atoms with Crippen LogP contribution in [-0.4, -0.2) is 40.7 Å². The first kappa shape index (κ1) is 18.1. The molecule has 0 radical (unpaired) electrons. The molecular formula is C15H16Cl2N2O3S. The molecule has 1 fully saturated rings. The number of benzene rings is 1. The zero-order valence-corrected chi connectivity index (χ0v) is 14.6. The smallest absolute Gasteiger partial charge is 0.224 e. The van der Waals surface area contributed by atoms with Crippen molar-refractivity contribution in [2.75, 3.05) is 11.6 Å². The van der Waals surface area contributed by atoms with E-state index in [1.54, 1.807) is 18.2 Å². The number of nitrogens with zero attached hydrogens (tertiary/aromatic N) is 1. The quantitative estimate of drug-likeness (QED) is 0.776. The summed E-state index contributed by atoms with van der Waals surface area (Å²) in [6.07, 6.45) is 0.947. The van der Waals surface area contributed by atoms with Crippen LogP contribution >= 0.6 is 35.0 Å². The Labute approximate surface area is 148 Å². The average molecular weight is 375 g/mol. The van der Waals surface area contributed by atoms with Crippen molar-refractivity contribution >= 4 is 53.1 Å². The zero-order valence-electron chi connectivity index (χ0n) is 12.3. The molecule has 2 rings (SSSR count). The van der Waals surface area contributed by atoms with Gasteiger partial charge in [0.15, 0.2) is 0 Å². The van der Waals surface area contributed by atoms with Crippen LogP contribution in [0.5, 0.6) is 0 Å². The number of carbonyl (C=O) groups excluding carboxylic acids is 3. The van der Waals surface area contributed by atoms with Gasteiger partial charge in [0, 0.05) is 35.2 Å². The summed E-state index contributed by atoms with van der Waals surface area (Å²) >= 11 is 13.4. The fraction of sp³-hybridized carbons (Fsp3) is 0.400. The van der Waals surface area contributed by atoms with Gasteiger partial charge in [0.1, 0.15) is 6.29 Å². The number of halogens is 2. The van der Waals surface area contributed by atoms with Crippen LogP contribution in [0.25, 0.3) is 0 Å². The lowest BCUT2D eigenvalue weighted by atomic mass is 10.2. The molecular weight excluding hydrogens is 359 g/mol. The number of hydrogen-bond donors (Lipinski definition) is 1. The Morgan fingerprint density at radius 1 is 1.35 bits per heavy atom. The van der Waals surface area contributed by atoms with Crippen LogP contribution in [0, 0.1) is 0 Å². The highest BCUT2D eigenvalue weighted by Gasteiger charge is 2.28. The van der Waals surface area contributed by atoms with Gasteiger partial charge in [0.2, 0.25) is 11.8 Å². The molecule has 1 atom stereocenters. The Bertz CT molecular complexity index is 612. The molecule has 0 aromatic heterocycles. The van der Waals surface area contributed by atoms with Gasteiger partial charge in [-0.05, 0) is 17.7 Å². The van der Waals surface area contributed by atoms with Crippen LogP contribution in [0.2, 0.25) is 10.0 Å². The Kier molecular flexibility index (Phi) is 6.74. The largest absolute Gasteiger partial charge is 0.352 e. The average Bonchev–Trinajstić information content (AvgIpc) is 3.00. The Balaban J connectivity index is 1.76. The van der Waals surface area contributed by atoms with Crippen molar-refractivity contribution in [3.63, 3.8) is 0 Å². The van der Waals surface area contributed by atoms with Crippen molar-refractivity contribution in [2.45, 2.75) is 25.4 Å². The van der Waals surface area contributed by atoms with Gasteiger partial charge in [-0.3, -0.25) is 9.59 Å². The first-order valence-corrected chi connectivity index (χ1v) is 8.95. The van der Waals surface area contributed by atoms with E-state index in [1.807, 2.05) is 0 Å². The third kappa shape index (κ3) is 5.12. The van der Waals surface area contributed by atoms with Crippen molar-refractivity contribution in [3.05, 3.63) is 33.8 Å². The van der Waals surface area contributed by atoms with E-state index in [4.69, 9.17) is 23.2 Å². The van der Waals surface area contributed by atoms with Crippen molar-refractivity contribution in [3.8, 4) is 0 Å². The molecule has 0 bridgehead atoms. The number of thioether (sulfide) groups is 1. The minimum absolute atomic E-state index is 0.0801. The first-order valence-electron chi connectivity index (χ1n) is 7.04. The highest BCUT2D eigenvalue weighted by Crippen LogP contribution is 2.21. The van der Waals surface area contributed by atoms with Gasteiger partial charge in [-0.25, -0.2) is 0 Å². The normalized spacial score (nSPS) is 17.1. The molecule has 1 heterocycles. The molecule has 1 aromatic rings. The lowest BCUT2D eigenvalue weighted by Crippen LogP contribution is -2.38. The maximum Gasteiger partial charge on any atom is 0.224 e. The van der Waals surface area contributed by atoms with Gasteiger partial charge in [-0.15, -0.1) is 11.8 Å². The molecule has 2 amide bonds. The second-order valence-electron chi connectivity index (χ2n) is 5.08. The fourth-order valence-electron chi connectivity index (χ4n) is 2.14. The van der Waals surface area contributed by atoms with Crippen LogP contribution in [0.15, 0.2) is 18.2 Å². The van der Waals surface area contributed by atoms with Gasteiger partial charge in [-0.1, -0.05) is 29.3 Å². The molecule has 8 heteroatoms. The number of hydrogen-bond acceptors (Lipinski definition) is 4. The second-order valence-corrected chi connectivity index (χ2v) is 6.92.